The third-order valence-electron chi connectivity index (χ3n) is 3.14. The summed E-state index contributed by atoms with van der Waals surface area (Å²) in [5.74, 6) is 0. The molecule has 3 nitrogen and oxygen atoms in total. The topological polar surface area (TPSA) is 43.8 Å². The number of halogens is 1. The van der Waals surface area contributed by atoms with Crippen LogP contribution < -0.4 is 5.73 Å². The van der Waals surface area contributed by atoms with Gasteiger partial charge in [-0.1, -0.05) is 48.9 Å². The van der Waals surface area contributed by atoms with Gasteiger partial charge in [-0.25, -0.2) is 0 Å². The van der Waals surface area contributed by atoms with Gasteiger partial charge in [0.05, 0.1) is 16.4 Å². The summed E-state index contributed by atoms with van der Waals surface area (Å²) in [6, 6.07) is 10.0. The van der Waals surface area contributed by atoms with Gasteiger partial charge in [0, 0.05) is 19.5 Å². The Hall–Kier alpha value is -1.32. The average Bonchev–Trinajstić information content (AvgIpc) is 2.67. The van der Waals surface area contributed by atoms with Crippen molar-refractivity contribution in [2.45, 2.75) is 25.8 Å². The van der Waals surface area contributed by atoms with Crippen LogP contribution in [0.2, 0.25) is 5.02 Å². The van der Waals surface area contributed by atoms with E-state index < -0.39 is 0 Å². The SMILES string of the molecule is CCc1nn(C)c(CC(N)c2ccccc2)c1Cl. The first-order chi connectivity index (χ1) is 8.63. The molecule has 96 valence electrons. The van der Waals surface area contributed by atoms with Crippen molar-refractivity contribution in [3.05, 3.63) is 52.3 Å². The van der Waals surface area contributed by atoms with Crippen LogP contribution in [0.25, 0.3) is 0 Å². The van der Waals surface area contributed by atoms with E-state index in [1.807, 2.05) is 42.1 Å². The van der Waals surface area contributed by atoms with Crippen LogP contribution in [-0.2, 0) is 19.9 Å². The second kappa shape index (κ2) is 5.55. The molecule has 2 N–H and O–H groups in total. The van der Waals surface area contributed by atoms with Crippen molar-refractivity contribution in [2.75, 3.05) is 0 Å². The summed E-state index contributed by atoms with van der Waals surface area (Å²) >= 11 is 6.32. The van der Waals surface area contributed by atoms with Crippen molar-refractivity contribution in [1.82, 2.24) is 9.78 Å². The van der Waals surface area contributed by atoms with Gasteiger partial charge in [-0.3, -0.25) is 4.68 Å². The second-order valence-corrected chi connectivity index (χ2v) is 4.78. The Bertz CT molecular complexity index is 519. The summed E-state index contributed by atoms with van der Waals surface area (Å²) in [5, 5.41) is 5.16. The molecule has 18 heavy (non-hydrogen) atoms. The van der Waals surface area contributed by atoms with Crippen LogP contribution in [0.3, 0.4) is 0 Å². The highest BCUT2D eigenvalue weighted by Crippen LogP contribution is 2.25. The van der Waals surface area contributed by atoms with Gasteiger partial charge in [0.2, 0.25) is 0 Å². The number of hydrogen-bond donors (Lipinski definition) is 1. The van der Waals surface area contributed by atoms with Crippen LogP contribution in [0, 0.1) is 0 Å². The Labute approximate surface area is 113 Å². The summed E-state index contributed by atoms with van der Waals surface area (Å²) in [5.41, 5.74) is 9.28. The summed E-state index contributed by atoms with van der Waals surface area (Å²) in [6.45, 7) is 2.05. The molecule has 0 spiro atoms. The Kier molecular flexibility index (Phi) is 4.04. The first kappa shape index (κ1) is 13.1. The fourth-order valence-electron chi connectivity index (χ4n) is 2.07. The highest BCUT2D eigenvalue weighted by atomic mass is 35.5. The molecular weight excluding hydrogens is 246 g/mol. The largest absolute Gasteiger partial charge is 0.324 e. The van der Waals surface area contributed by atoms with Gasteiger partial charge in [-0.15, -0.1) is 0 Å². The van der Waals surface area contributed by atoms with E-state index in [0.717, 1.165) is 28.4 Å². The maximum absolute atomic E-state index is 6.32. The number of benzene rings is 1. The number of nitrogens with two attached hydrogens (primary N) is 1. The van der Waals surface area contributed by atoms with Crippen molar-refractivity contribution in [1.29, 1.82) is 0 Å². The molecule has 2 aromatic rings. The van der Waals surface area contributed by atoms with E-state index in [4.69, 9.17) is 17.3 Å². The Morgan fingerprint density at radius 2 is 2.00 bits per heavy atom. The Balaban J connectivity index is 2.22. The molecule has 0 bridgehead atoms. The maximum atomic E-state index is 6.32. The molecule has 0 aliphatic heterocycles. The number of rotatable bonds is 4. The molecule has 0 fully saturated rings. The van der Waals surface area contributed by atoms with Gasteiger partial charge in [0.1, 0.15) is 0 Å². The molecule has 1 aromatic carbocycles. The number of nitrogens with zero attached hydrogens (tertiary/aromatic N) is 2. The van der Waals surface area contributed by atoms with Crippen LogP contribution in [-0.4, -0.2) is 9.78 Å². The standard InChI is InChI=1S/C14H18ClN3/c1-3-12-14(15)13(18(2)17-12)9-11(16)10-7-5-4-6-8-10/h4-8,11H,3,9,16H2,1-2H3. The lowest BCUT2D eigenvalue weighted by molar-refractivity contribution is 0.638. The van der Waals surface area contributed by atoms with Crippen LogP contribution in [0.4, 0.5) is 0 Å². The van der Waals surface area contributed by atoms with E-state index in [-0.39, 0.29) is 6.04 Å². The van der Waals surface area contributed by atoms with Crippen molar-refractivity contribution in [2.24, 2.45) is 12.8 Å². The van der Waals surface area contributed by atoms with E-state index in [1.165, 1.54) is 0 Å². The monoisotopic (exact) mass is 263 g/mol. The molecule has 0 saturated carbocycles. The zero-order valence-corrected chi connectivity index (χ0v) is 11.5. The van der Waals surface area contributed by atoms with Gasteiger partial charge < -0.3 is 5.73 Å². The van der Waals surface area contributed by atoms with E-state index in [2.05, 4.69) is 12.0 Å². The zero-order valence-electron chi connectivity index (χ0n) is 10.7. The smallest absolute Gasteiger partial charge is 0.0850 e. The molecule has 1 aromatic heterocycles. The number of aryl methyl sites for hydroxylation is 2. The molecule has 1 heterocycles. The predicted octanol–water partition coefficient (Wildman–Crippen LogP) is 2.88. The first-order valence-electron chi connectivity index (χ1n) is 6.14. The van der Waals surface area contributed by atoms with Crippen LogP contribution in [0.5, 0.6) is 0 Å². The predicted molar refractivity (Wildman–Crippen MR) is 74.7 cm³/mol. The molecule has 4 heteroatoms. The third kappa shape index (κ3) is 2.57. The molecular formula is C14H18ClN3. The van der Waals surface area contributed by atoms with Crippen LogP contribution in [0.15, 0.2) is 30.3 Å². The summed E-state index contributed by atoms with van der Waals surface area (Å²) in [7, 11) is 1.91. The van der Waals surface area contributed by atoms with E-state index in [1.54, 1.807) is 0 Å². The highest BCUT2D eigenvalue weighted by molar-refractivity contribution is 6.31. The minimum Gasteiger partial charge on any atom is -0.324 e. The molecule has 0 aliphatic rings. The van der Waals surface area contributed by atoms with Gasteiger partial charge >= 0.3 is 0 Å². The molecule has 0 saturated heterocycles. The average molecular weight is 264 g/mol. The Morgan fingerprint density at radius 3 is 2.56 bits per heavy atom. The molecule has 1 atom stereocenters. The first-order valence-corrected chi connectivity index (χ1v) is 6.52. The summed E-state index contributed by atoms with van der Waals surface area (Å²) in [6.07, 6.45) is 1.54. The Morgan fingerprint density at radius 1 is 1.33 bits per heavy atom. The number of aromatic nitrogens is 2. The van der Waals surface area contributed by atoms with Crippen molar-refractivity contribution in [3.8, 4) is 0 Å². The molecule has 0 amide bonds. The van der Waals surface area contributed by atoms with Crippen molar-refractivity contribution < 1.29 is 0 Å². The summed E-state index contributed by atoms with van der Waals surface area (Å²) < 4.78 is 1.84. The van der Waals surface area contributed by atoms with Gasteiger partial charge in [-0.05, 0) is 12.0 Å². The van der Waals surface area contributed by atoms with Gasteiger partial charge in [0.15, 0.2) is 0 Å². The maximum Gasteiger partial charge on any atom is 0.0850 e. The van der Waals surface area contributed by atoms with Gasteiger partial charge in [-0.2, -0.15) is 5.10 Å². The second-order valence-electron chi connectivity index (χ2n) is 4.41. The normalized spacial score (nSPS) is 12.7. The molecule has 0 aliphatic carbocycles. The van der Waals surface area contributed by atoms with Crippen molar-refractivity contribution >= 4 is 11.6 Å². The van der Waals surface area contributed by atoms with E-state index >= 15 is 0 Å². The van der Waals surface area contributed by atoms with Gasteiger partial charge in [0.25, 0.3) is 0 Å². The fourth-order valence-corrected chi connectivity index (χ4v) is 2.44. The van der Waals surface area contributed by atoms with Crippen LogP contribution in [0.1, 0.15) is 29.9 Å². The summed E-state index contributed by atoms with van der Waals surface area (Å²) in [4.78, 5) is 0. The van der Waals surface area contributed by atoms with E-state index in [0.29, 0.717) is 6.42 Å². The van der Waals surface area contributed by atoms with Crippen molar-refractivity contribution in [3.63, 3.8) is 0 Å². The van der Waals surface area contributed by atoms with Crippen LogP contribution >= 0.6 is 11.6 Å². The fraction of sp³-hybridized carbons (Fsp3) is 0.357. The van der Waals surface area contributed by atoms with E-state index in [9.17, 15) is 0 Å². The molecule has 1 unspecified atom stereocenters. The lowest BCUT2D eigenvalue weighted by atomic mass is 10.0. The highest BCUT2D eigenvalue weighted by Gasteiger charge is 2.16. The number of hydrogen-bond acceptors (Lipinski definition) is 2. The lowest BCUT2D eigenvalue weighted by Crippen LogP contribution is -2.15. The lowest BCUT2D eigenvalue weighted by Gasteiger charge is -2.12. The minimum absolute atomic E-state index is 0.0520. The minimum atomic E-state index is -0.0520. The quantitative estimate of drug-likeness (QED) is 0.922. The molecule has 2 rings (SSSR count). The zero-order chi connectivity index (χ0) is 13.1. The third-order valence-corrected chi connectivity index (χ3v) is 3.58. The molecule has 0 radical (unpaired) electrons.